The molecule has 0 saturated carbocycles. The summed E-state index contributed by atoms with van der Waals surface area (Å²) in [7, 11) is 4.88. The molecular weight excluding hydrogens is 772 g/mol. The number of methoxy groups -OCH3 is 1. The molecule has 2 aliphatic carbocycles. The van der Waals surface area contributed by atoms with E-state index in [-0.39, 0.29) is 76.6 Å². The minimum Gasteiger partial charge on any atom is -0.507 e. The summed E-state index contributed by atoms with van der Waals surface area (Å²) in [5, 5.41) is 45.9. The van der Waals surface area contributed by atoms with Crippen molar-refractivity contribution in [3.8, 4) is 11.5 Å². The highest BCUT2D eigenvalue weighted by Gasteiger charge is 2.53. The molecule has 13 unspecified atom stereocenters. The average Bonchev–Trinajstić information content (AvgIpc) is 3.17. The molecule has 59 heavy (non-hydrogen) atoms. The van der Waals surface area contributed by atoms with Crippen molar-refractivity contribution in [1.82, 2.24) is 4.90 Å². The van der Waals surface area contributed by atoms with E-state index >= 15 is 0 Å². The monoisotopic (exact) mass is 824 g/mol. The van der Waals surface area contributed by atoms with E-state index in [0.717, 1.165) is 0 Å². The van der Waals surface area contributed by atoms with Crippen molar-refractivity contribution in [2.45, 2.75) is 133 Å². The maximum Gasteiger partial charge on any atom is 0.316 e. The highest BCUT2D eigenvalue weighted by Crippen LogP contribution is 2.54. The number of hydrogen-bond acceptors (Lipinski definition) is 17. The number of esters is 1. The first-order chi connectivity index (χ1) is 27.9. The van der Waals surface area contributed by atoms with Crippen LogP contribution in [0.15, 0.2) is 36.0 Å². The number of benzene rings is 2. The van der Waals surface area contributed by atoms with Crippen LogP contribution in [0.4, 0.5) is 0 Å². The summed E-state index contributed by atoms with van der Waals surface area (Å²) in [6, 6.07) is 5.05. The zero-order valence-corrected chi connectivity index (χ0v) is 33.9. The largest absolute Gasteiger partial charge is 0.507 e. The highest BCUT2D eigenvalue weighted by atomic mass is 16.7. The molecule has 320 valence electrons. The third kappa shape index (κ3) is 7.57. The molecule has 3 aliphatic heterocycles. The zero-order valence-electron chi connectivity index (χ0n) is 33.9. The number of nitrogens with zero attached hydrogens (tertiary/aromatic N) is 1. The first-order valence-corrected chi connectivity index (χ1v) is 19.8. The van der Waals surface area contributed by atoms with Gasteiger partial charge in [0.15, 0.2) is 30.4 Å². The van der Waals surface area contributed by atoms with Gasteiger partial charge < -0.3 is 64.2 Å². The molecule has 0 bridgehead atoms. The molecule has 0 radical (unpaired) electrons. The molecule has 6 N–H and O–H groups in total. The predicted molar refractivity (Wildman–Crippen MR) is 204 cm³/mol. The first kappa shape index (κ1) is 42.8. The van der Waals surface area contributed by atoms with Gasteiger partial charge in [-0.2, -0.15) is 0 Å². The topological polar surface area (TPSA) is 243 Å². The van der Waals surface area contributed by atoms with Gasteiger partial charge in [0.25, 0.3) is 0 Å². The Kier molecular flexibility index (Phi) is 11.8. The summed E-state index contributed by atoms with van der Waals surface area (Å²) in [4.78, 5) is 55.1. The Morgan fingerprint density at radius 2 is 1.61 bits per heavy atom. The molecule has 17 heteroatoms. The fourth-order valence-electron chi connectivity index (χ4n) is 9.10. The van der Waals surface area contributed by atoms with Crippen LogP contribution in [-0.2, 0) is 42.7 Å². The number of rotatable bonds is 9. The van der Waals surface area contributed by atoms with Gasteiger partial charge in [-0.3, -0.25) is 19.2 Å². The van der Waals surface area contributed by atoms with Gasteiger partial charge >= 0.3 is 5.97 Å². The molecule has 13 atom stereocenters. The number of likely N-dealkylation sites (N-methyl/N-ethyl adjacent to an activating group) is 1. The zero-order chi connectivity index (χ0) is 42.8. The van der Waals surface area contributed by atoms with Crippen LogP contribution in [0.25, 0.3) is 0 Å². The average molecular weight is 825 g/mol. The van der Waals surface area contributed by atoms with Gasteiger partial charge in [-0.05, 0) is 59.0 Å². The molecule has 0 aromatic heterocycles. The van der Waals surface area contributed by atoms with Crippen molar-refractivity contribution in [2.75, 3.05) is 21.2 Å². The van der Waals surface area contributed by atoms with E-state index in [1.165, 1.54) is 37.5 Å². The minimum absolute atomic E-state index is 0.0145. The maximum atomic E-state index is 13.9. The molecule has 3 heterocycles. The van der Waals surface area contributed by atoms with E-state index in [1.807, 2.05) is 19.0 Å². The Hall–Kier alpha value is -4.30. The summed E-state index contributed by atoms with van der Waals surface area (Å²) in [6.07, 6.45) is -7.25. The van der Waals surface area contributed by atoms with E-state index in [1.54, 1.807) is 27.7 Å². The Morgan fingerprint density at radius 3 is 2.25 bits per heavy atom. The normalized spacial score (nSPS) is 35.8. The number of hydrogen-bond donors (Lipinski definition) is 5. The van der Waals surface area contributed by atoms with E-state index in [2.05, 4.69) is 0 Å². The van der Waals surface area contributed by atoms with Gasteiger partial charge in [0, 0.05) is 48.1 Å². The number of fused-ring (bicyclic) bond motifs is 3. The van der Waals surface area contributed by atoms with Crippen molar-refractivity contribution < 1.29 is 72.8 Å². The van der Waals surface area contributed by atoms with Gasteiger partial charge in [0.05, 0.1) is 54.0 Å². The second-order valence-electron chi connectivity index (χ2n) is 16.2. The molecule has 0 spiro atoms. The van der Waals surface area contributed by atoms with Gasteiger partial charge in [-0.1, -0.05) is 19.1 Å². The second-order valence-corrected chi connectivity index (χ2v) is 16.2. The maximum absolute atomic E-state index is 13.9. The summed E-state index contributed by atoms with van der Waals surface area (Å²) in [5.74, 6) is -4.94. The first-order valence-electron chi connectivity index (χ1n) is 19.8. The van der Waals surface area contributed by atoms with Crippen LogP contribution in [0, 0.1) is 0 Å². The predicted octanol–water partition coefficient (Wildman–Crippen LogP) is 2.22. The standard InChI is InChI=1S/C42H52N2O15/c1-8-42(52)16-28(32-21(34(42)40(51)53-7)12-22-33(37(32)50)36(49)31-20(35(22)48)10-9-11-25(31)45)57-29-14-24(44(5)6)38(18(3)54-29)58-30-15-27(47)39(19(4)55-30)59-41-23(43)13-26(46)17(2)56-41/h9-13,17-19,24,27-30,34,38-39,41,45,47,50,52H,8,14-16,43H2,1-7H3. The van der Waals surface area contributed by atoms with Crippen molar-refractivity contribution in [2.24, 2.45) is 5.73 Å². The molecule has 0 amide bonds. The fourth-order valence-corrected chi connectivity index (χ4v) is 9.10. The number of ketones is 3. The van der Waals surface area contributed by atoms with Gasteiger partial charge in [-0.25, -0.2) is 0 Å². The Labute approximate surface area is 340 Å². The van der Waals surface area contributed by atoms with E-state index in [0.29, 0.717) is 0 Å². The summed E-state index contributed by atoms with van der Waals surface area (Å²) >= 11 is 0. The minimum atomic E-state index is -1.77. The summed E-state index contributed by atoms with van der Waals surface area (Å²) in [6.45, 7) is 6.78. The second kappa shape index (κ2) is 16.3. The van der Waals surface area contributed by atoms with Crippen molar-refractivity contribution in [3.05, 3.63) is 69.4 Å². The van der Waals surface area contributed by atoms with Gasteiger partial charge in [0.2, 0.25) is 5.78 Å². The lowest BCUT2D eigenvalue weighted by molar-refractivity contribution is -0.321. The lowest BCUT2D eigenvalue weighted by Gasteiger charge is -2.48. The molecule has 5 aliphatic rings. The smallest absolute Gasteiger partial charge is 0.316 e. The van der Waals surface area contributed by atoms with Crippen LogP contribution < -0.4 is 5.73 Å². The number of phenols is 2. The third-order valence-corrected chi connectivity index (χ3v) is 12.3. The SMILES string of the molecule is CCC1(O)CC(OC2CC(N(C)C)C(OC3CC(O)C(OC4OC(C)C(=O)C=C4N)C(C)O3)C(C)O2)c2c(cc3c(c2O)C(=O)c2c(O)cccc2C3=O)C1C(=O)OC. The van der Waals surface area contributed by atoms with Crippen molar-refractivity contribution in [1.29, 1.82) is 0 Å². The molecular formula is C42H52N2O15. The molecule has 17 nitrogen and oxygen atoms in total. The van der Waals surface area contributed by atoms with E-state index in [9.17, 15) is 39.6 Å². The lowest BCUT2D eigenvalue weighted by atomic mass is 9.67. The number of carbonyl (C=O) groups is 4. The Bertz CT molecular complexity index is 2040. The van der Waals surface area contributed by atoms with E-state index < -0.39 is 102 Å². The number of phenolic OH excluding ortho intramolecular Hbond substituents is 2. The number of aromatic hydroxyl groups is 2. The lowest BCUT2D eigenvalue weighted by Crippen LogP contribution is -2.58. The number of nitrogens with two attached hydrogens (primary N) is 1. The van der Waals surface area contributed by atoms with Crippen LogP contribution in [-0.4, -0.2) is 137 Å². The summed E-state index contributed by atoms with van der Waals surface area (Å²) in [5.41, 5.74) is 3.52. The van der Waals surface area contributed by atoms with Crippen LogP contribution in [0.1, 0.15) is 108 Å². The quantitative estimate of drug-likeness (QED) is 0.194. The van der Waals surface area contributed by atoms with Crippen LogP contribution in [0.3, 0.4) is 0 Å². The van der Waals surface area contributed by atoms with Crippen molar-refractivity contribution in [3.63, 3.8) is 0 Å². The molecule has 2 saturated heterocycles. The van der Waals surface area contributed by atoms with E-state index in [4.69, 9.17) is 38.9 Å². The summed E-state index contributed by atoms with van der Waals surface area (Å²) < 4.78 is 42.4. The van der Waals surface area contributed by atoms with Crippen LogP contribution >= 0.6 is 0 Å². The van der Waals surface area contributed by atoms with Crippen molar-refractivity contribution >= 4 is 23.3 Å². The Morgan fingerprint density at radius 1 is 0.932 bits per heavy atom. The fraction of sp³-hybridized carbons (Fsp3) is 0.571. The molecule has 2 aromatic rings. The van der Waals surface area contributed by atoms with Crippen LogP contribution in [0.5, 0.6) is 11.5 Å². The van der Waals surface area contributed by atoms with Crippen LogP contribution in [0.2, 0.25) is 0 Å². The molecule has 2 aromatic carbocycles. The number of ether oxygens (including phenoxy) is 7. The molecule has 7 rings (SSSR count). The highest BCUT2D eigenvalue weighted by molar-refractivity contribution is 6.30. The molecule has 2 fully saturated rings. The third-order valence-electron chi connectivity index (χ3n) is 12.3. The number of carbonyl (C=O) groups excluding carboxylic acids is 4. The van der Waals surface area contributed by atoms with Gasteiger partial charge in [0.1, 0.15) is 35.7 Å². The Balaban J connectivity index is 1.14. The van der Waals surface area contributed by atoms with Gasteiger partial charge in [-0.15, -0.1) is 0 Å². The number of aliphatic hydroxyl groups is 2. The number of aliphatic hydroxyl groups excluding tert-OH is 1.